The van der Waals surface area contributed by atoms with E-state index in [2.05, 4.69) is 15.0 Å². The lowest BCUT2D eigenvalue weighted by molar-refractivity contribution is -0.140. The Morgan fingerprint density at radius 2 is 2.00 bits per heavy atom. The summed E-state index contributed by atoms with van der Waals surface area (Å²) in [6.07, 6.45) is 3.31. The van der Waals surface area contributed by atoms with Crippen LogP contribution in [0.4, 0.5) is 0 Å². The Morgan fingerprint density at radius 1 is 1.38 bits per heavy atom. The molecule has 0 N–H and O–H groups in total. The summed E-state index contributed by atoms with van der Waals surface area (Å²) in [6.45, 7) is 3.07. The predicted octanol–water partition coefficient (Wildman–Crippen LogP) is 1.37. The minimum Gasteiger partial charge on any atom is -0.318 e. The van der Waals surface area contributed by atoms with E-state index in [4.69, 9.17) is 0 Å². The summed E-state index contributed by atoms with van der Waals surface area (Å²) in [7, 11) is 0. The summed E-state index contributed by atoms with van der Waals surface area (Å²) in [4.78, 5) is 18.8. The summed E-state index contributed by atoms with van der Waals surface area (Å²) in [5.74, 6) is -0.423. The third-order valence-corrected chi connectivity index (χ3v) is 1.41. The summed E-state index contributed by atoms with van der Waals surface area (Å²) < 4.78 is 0. The second kappa shape index (κ2) is 4.35. The molecule has 0 spiro atoms. The van der Waals surface area contributed by atoms with Crippen molar-refractivity contribution in [3.8, 4) is 0 Å². The molecule has 0 aliphatic rings. The van der Waals surface area contributed by atoms with E-state index in [9.17, 15) is 4.79 Å². The molecule has 4 heteroatoms. The summed E-state index contributed by atoms with van der Waals surface area (Å²) in [6, 6.07) is 3.59. The first-order chi connectivity index (χ1) is 6.20. The van der Waals surface area contributed by atoms with Crippen LogP contribution in [0.15, 0.2) is 29.7 Å². The Bertz CT molecular complexity index is 320. The number of oxime groups is 1. The largest absolute Gasteiger partial charge is 0.331 e. The van der Waals surface area contributed by atoms with Crippen LogP contribution < -0.4 is 0 Å². The first kappa shape index (κ1) is 9.38. The van der Waals surface area contributed by atoms with E-state index in [1.54, 1.807) is 31.5 Å². The molecule has 1 heterocycles. The molecule has 1 aromatic rings. The molecule has 0 amide bonds. The SMILES string of the molecule is CC(=O)ON=C(C)c1ccncc1. The monoisotopic (exact) mass is 178 g/mol. The molecule has 1 rings (SSSR count). The Kier molecular flexibility index (Phi) is 3.14. The lowest BCUT2D eigenvalue weighted by atomic mass is 10.2. The fourth-order valence-corrected chi connectivity index (χ4v) is 0.779. The van der Waals surface area contributed by atoms with Gasteiger partial charge in [0.2, 0.25) is 0 Å². The highest BCUT2D eigenvalue weighted by atomic mass is 16.7. The van der Waals surface area contributed by atoms with Crippen LogP contribution >= 0.6 is 0 Å². The van der Waals surface area contributed by atoms with Gasteiger partial charge in [0.05, 0.1) is 5.71 Å². The van der Waals surface area contributed by atoms with Crippen molar-refractivity contribution in [1.82, 2.24) is 4.98 Å². The Morgan fingerprint density at radius 3 is 2.54 bits per heavy atom. The molecule has 0 radical (unpaired) electrons. The van der Waals surface area contributed by atoms with Crippen molar-refractivity contribution in [2.75, 3.05) is 0 Å². The van der Waals surface area contributed by atoms with E-state index >= 15 is 0 Å². The van der Waals surface area contributed by atoms with Crippen molar-refractivity contribution in [3.63, 3.8) is 0 Å². The average molecular weight is 178 g/mol. The quantitative estimate of drug-likeness (QED) is 0.390. The minimum absolute atomic E-state index is 0.423. The van der Waals surface area contributed by atoms with Crippen molar-refractivity contribution in [2.24, 2.45) is 5.16 Å². The predicted molar refractivity (Wildman–Crippen MR) is 48.2 cm³/mol. The highest BCUT2D eigenvalue weighted by Gasteiger charge is 1.97. The third-order valence-electron chi connectivity index (χ3n) is 1.41. The van der Waals surface area contributed by atoms with Crippen LogP contribution in [-0.2, 0) is 9.63 Å². The number of pyridine rings is 1. The number of carbonyl (C=O) groups is 1. The second-order valence-electron chi connectivity index (χ2n) is 2.50. The number of aromatic nitrogens is 1. The average Bonchev–Trinajstić information content (AvgIpc) is 2.15. The van der Waals surface area contributed by atoms with Crippen LogP contribution in [-0.4, -0.2) is 16.7 Å². The van der Waals surface area contributed by atoms with E-state index in [1.807, 2.05) is 0 Å². The molecular formula is C9H10N2O2. The van der Waals surface area contributed by atoms with Gasteiger partial charge < -0.3 is 4.84 Å². The van der Waals surface area contributed by atoms with Gasteiger partial charge in [0.25, 0.3) is 0 Å². The van der Waals surface area contributed by atoms with Crippen LogP contribution in [0.2, 0.25) is 0 Å². The van der Waals surface area contributed by atoms with Crippen LogP contribution in [0.1, 0.15) is 19.4 Å². The normalized spacial score (nSPS) is 11.1. The topological polar surface area (TPSA) is 51.5 Å². The summed E-state index contributed by atoms with van der Waals surface area (Å²) in [5.41, 5.74) is 1.54. The van der Waals surface area contributed by atoms with Gasteiger partial charge in [-0.05, 0) is 19.1 Å². The number of hydrogen-bond donors (Lipinski definition) is 0. The van der Waals surface area contributed by atoms with Gasteiger partial charge in [-0.2, -0.15) is 0 Å². The first-order valence-electron chi connectivity index (χ1n) is 3.82. The zero-order valence-electron chi connectivity index (χ0n) is 7.52. The number of nitrogens with zero attached hydrogens (tertiary/aromatic N) is 2. The maximum atomic E-state index is 10.4. The molecule has 68 valence electrons. The molecule has 0 saturated carbocycles. The number of carbonyl (C=O) groups excluding carboxylic acids is 1. The second-order valence-corrected chi connectivity index (χ2v) is 2.50. The van der Waals surface area contributed by atoms with Gasteiger partial charge in [-0.15, -0.1) is 0 Å². The van der Waals surface area contributed by atoms with E-state index in [1.165, 1.54) is 6.92 Å². The molecular weight excluding hydrogens is 168 g/mol. The van der Waals surface area contributed by atoms with Crippen LogP contribution in [0.3, 0.4) is 0 Å². The van der Waals surface area contributed by atoms with Gasteiger partial charge in [0.1, 0.15) is 0 Å². The first-order valence-corrected chi connectivity index (χ1v) is 3.82. The Labute approximate surface area is 76.2 Å². The number of rotatable bonds is 2. The van der Waals surface area contributed by atoms with Gasteiger partial charge in [-0.1, -0.05) is 5.16 Å². The maximum absolute atomic E-state index is 10.4. The maximum Gasteiger partial charge on any atom is 0.331 e. The van der Waals surface area contributed by atoms with Crippen molar-refractivity contribution in [3.05, 3.63) is 30.1 Å². The molecule has 0 unspecified atom stereocenters. The van der Waals surface area contributed by atoms with E-state index in [-0.39, 0.29) is 0 Å². The van der Waals surface area contributed by atoms with Gasteiger partial charge in [-0.25, -0.2) is 4.79 Å². The molecule has 4 nitrogen and oxygen atoms in total. The van der Waals surface area contributed by atoms with Gasteiger partial charge in [-0.3, -0.25) is 4.98 Å². The fourth-order valence-electron chi connectivity index (χ4n) is 0.779. The molecule has 0 fully saturated rings. The molecule has 0 atom stereocenters. The lowest BCUT2D eigenvalue weighted by Crippen LogP contribution is -1.99. The zero-order valence-corrected chi connectivity index (χ0v) is 7.52. The highest BCUT2D eigenvalue weighted by Crippen LogP contribution is 1.99. The van der Waals surface area contributed by atoms with Crippen molar-refractivity contribution in [1.29, 1.82) is 0 Å². The molecule has 0 aliphatic carbocycles. The van der Waals surface area contributed by atoms with Crippen molar-refractivity contribution in [2.45, 2.75) is 13.8 Å². The Hall–Kier alpha value is -1.71. The fraction of sp³-hybridized carbons (Fsp3) is 0.222. The molecule has 0 saturated heterocycles. The van der Waals surface area contributed by atoms with Gasteiger partial charge in [0.15, 0.2) is 0 Å². The molecule has 0 aliphatic heterocycles. The van der Waals surface area contributed by atoms with Crippen LogP contribution in [0, 0.1) is 0 Å². The Balaban J connectivity index is 2.73. The van der Waals surface area contributed by atoms with E-state index in [0.29, 0.717) is 5.71 Å². The van der Waals surface area contributed by atoms with Gasteiger partial charge >= 0.3 is 5.97 Å². The van der Waals surface area contributed by atoms with Crippen molar-refractivity contribution >= 4 is 11.7 Å². The zero-order chi connectivity index (χ0) is 9.68. The van der Waals surface area contributed by atoms with Crippen molar-refractivity contribution < 1.29 is 9.63 Å². The summed E-state index contributed by atoms with van der Waals surface area (Å²) >= 11 is 0. The summed E-state index contributed by atoms with van der Waals surface area (Å²) in [5, 5.41) is 3.63. The smallest absolute Gasteiger partial charge is 0.318 e. The molecule has 1 aromatic heterocycles. The van der Waals surface area contributed by atoms with E-state index in [0.717, 1.165) is 5.56 Å². The number of hydrogen-bond acceptors (Lipinski definition) is 4. The third kappa shape index (κ3) is 3.02. The lowest BCUT2D eigenvalue weighted by Gasteiger charge is -1.97. The van der Waals surface area contributed by atoms with Crippen LogP contribution in [0.25, 0.3) is 0 Å². The minimum atomic E-state index is -0.423. The highest BCUT2D eigenvalue weighted by molar-refractivity contribution is 5.98. The standard InChI is InChI=1S/C9H10N2O2/c1-7(11-13-8(2)12)9-3-5-10-6-4-9/h3-6H,1-2H3. The molecule has 0 aromatic carbocycles. The molecule has 13 heavy (non-hydrogen) atoms. The van der Waals surface area contributed by atoms with Gasteiger partial charge in [0, 0.05) is 24.9 Å². The van der Waals surface area contributed by atoms with E-state index < -0.39 is 5.97 Å². The van der Waals surface area contributed by atoms with Crippen LogP contribution in [0.5, 0.6) is 0 Å². The molecule has 0 bridgehead atoms.